The van der Waals surface area contributed by atoms with E-state index in [0.29, 0.717) is 18.2 Å². The first-order valence-electron chi connectivity index (χ1n) is 10.7. The maximum absolute atomic E-state index is 14.0. The van der Waals surface area contributed by atoms with Crippen LogP contribution < -0.4 is 20.9 Å². The van der Waals surface area contributed by atoms with Crippen molar-refractivity contribution in [1.82, 2.24) is 9.97 Å². The van der Waals surface area contributed by atoms with Gasteiger partial charge >= 0.3 is 0 Å². The predicted molar refractivity (Wildman–Crippen MR) is 114 cm³/mol. The van der Waals surface area contributed by atoms with E-state index in [1.165, 1.54) is 12.1 Å². The molecule has 2 aliphatic heterocycles. The fourth-order valence-corrected chi connectivity index (χ4v) is 4.58. The fourth-order valence-electron chi connectivity index (χ4n) is 4.58. The molecule has 1 unspecified atom stereocenters. The Hall–Kier alpha value is -2.74. The molecule has 2 aromatic rings. The van der Waals surface area contributed by atoms with Crippen molar-refractivity contribution in [2.75, 3.05) is 34.8 Å². The van der Waals surface area contributed by atoms with Crippen molar-refractivity contribution in [1.29, 1.82) is 0 Å². The van der Waals surface area contributed by atoms with Gasteiger partial charge in [-0.15, -0.1) is 0 Å². The zero-order valence-corrected chi connectivity index (χ0v) is 17.2. The monoisotopic (exact) mass is 410 g/mol. The summed E-state index contributed by atoms with van der Waals surface area (Å²) in [5, 5.41) is 3.38. The van der Waals surface area contributed by atoms with Gasteiger partial charge in [0, 0.05) is 37.4 Å². The Labute approximate surface area is 175 Å². The lowest BCUT2D eigenvalue weighted by Gasteiger charge is -2.22. The SMILES string of the molecule is CCCNc1nc(N2CCC(N)C2)ncc1CN1C(=O)C2(CC2)c2ccc(F)cc21. The molecule has 1 saturated carbocycles. The number of hydrogen-bond acceptors (Lipinski definition) is 6. The van der Waals surface area contributed by atoms with Crippen molar-refractivity contribution >= 4 is 23.4 Å². The number of carbonyl (C=O) groups excluding carboxylic acids is 1. The van der Waals surface area contributed by atoms with Crippen LogP contribution >= 0.6 is 0 Å². The van der Waals surface area contributed by atoms with E-state index in [1.807, 2.05) is 0 Å². The van der Waals surface area contributed by atoms with Crippen molar-refractivity contribution in [3.8, 4) is 0 Å². The van der Waals surface area contributed by atoms with E-state index in [-0.39, 0.29) is 17.8 Å². The van der Waals surface area contributed by atoms with Gasteiger partial charge in [-0.05, 0) is 43.4 Å². The highest BCUT2D eigenvalue weighted by Gasteiger charge is 2.59. The van der Waals surface area contributed by atoms with Crippen molar-refractivity contribution in [2.24, 2.45) is 5.73 Å². The summed E-state index contributed by atoms with van der Waals surface area (Å²) >= 11 is 0. The van der Waals surface area contributed by atoms with Gasteiger partial charge in [0.2, 0.25) is 11.9 Å². The normalized spacial score (nSPS) is 21.4. The number of nitrogens with zero attached hydrogens (tertiary/aromatic N) is 4. The highest BCUT2D eigenvalue weighted by Crippen LogP contribution is 2.57. The van der Waals surface area contributed by atoms with Gasteiger partial charge in [0.15, 0.2) is 0 Å². The molecule has 5 rings (SSSR count). The van der Waals surface area contributed by atoms with Gasteiger partial charge < -0.3 is 20.9 Å². The average Bonchev–Trinajstić information content (AvgIpc) is 3.38. The predicted octanol–water partition coefficient (Wildman–Crippen LogP) is 2.55. The number of anilines is 3. The Morgan fingerprint density at radius 1 is 1.37 bits per heavy atom. The second kappa shape index (κ2) is 7.19. The van der Waals surface area contributed by atoms with Gasteiger partial charge in [-0.25, -0.2) is 9.37 Å². The molecule has 3 N–H and O–H groups in total. The van der Waals surface area contributed by atoms with Crippen LogP contribution in [0.1, 0.15) is 43.7 Å². The first kappa shape index (κ1) is 19.2. The van der Waals surface area contributed by atoms with E-state index in [1.54, 1.807) is 17.2 Å². The molecule has 158 valence electrons. The highest BCUT2D eigenvalue weighted by molar-refractivity contribution is 6.10. The van der Waals surface area contributed by atoms with Crippen LogP contribution in [0.5, 0.6) is 0 Å². The van der Waals surface area contributed by atoms with Gasteiger partial charge in [0.05, 0.1) is 17.6 Å². The van der Waals surface area contributed by atoms with Crippen LogP contribution in [-0.4, -0.2) is 41.6 Å². The molecule has 1 aliphatic carbocycles. The van der Waals surface area contributed by atoms with Crippen LogP contribution in [0, 0.1) is 5.82 Å². The van der Waals surface area contributed by atoms with Gasteiger partial charge in [-0.2, -0.15) is 4.98 Å². The molecule has 1 aromatic heterocycles. The van der Waals surface area contributed by atoms with Crippen LogP contribution in [0.2, 0.25) is 0 Å². The van der Waals surface area contributed by atoms with Gasteiger partial charge in [0.1, 0.15) is 11.6 Å². The molecule has 0 bridgehead atoms. The summed E-state index contributed by atoms with van der Waals surface area (Å²) in [6, 6.07) is 4.83. The van der Waals surface area contributed by atoms with Crippen LogP contribution in [0.3, 0.4) is 0 Å². The van der Waals surface area contributed by atoms with Gasteiger partial charge in [0.25, 0.3) is 0 Å². The number of hydrogen-bond donors (Lipinski definition) is 2. The summed E-state index contributed by atoms with van der Waals surface area (Å²) < 4.78 is 14.0. The second-order valence-corrected chi connectivity index (χ2v) is 8.60. The number of amides is 1. The number of nitrogens with two attached hydrogens (primary N) is 1. The van der Waals surface area contributed by atoms with Crippen LogP contribution in [0.25, 0.3) is 0 Å². The third-order valence-corrected chi connectivity index (χ3v) is 6.40. The number of fused-ring (bicyclic) bond motifs is 2. The van der Waals surface area contributed by atoms with E-state index in [2.05, 4.69) is 22.1 Å². The number of rotatable bonds is 6. The lowest BCUT2D eigenvalue weighted by atomic mass is 9.98. The zero-order chi connectivity index (χ0) is 20.9. The summed E-state index contributed by atoms with van der Waals surface area (Å²) in [4.78, 5) is 26.3. The minimum absolute atomic E-state index is 0.0548. The molecule has 30 heavy (non-hydrogen) atoms. The molecule has 2 fully saturated rings. The second-order valence-electron chi connectivity index (χ2n) is 8.60. The van der Waals surface area contributed by atoms with Crippen molar-refractivity contribution in [3.05, 3.63) is 41.3 Å². The minimum atomic E-state index is -0.452. The average molecular weight is 410 g/mol. The lowest BCUT2D eigenvalue weighted by Crippen LogP contribution is -2.32. The molecule has 3 aliphatic rings. The molecule has 7 nitrogen and oxygen atoms in total. The van der Waals surface area contributed by atoms with Crippen LogP contribution in [0.15, 0.2) is 24.4 Å². The minimum Gasteiger partial charge on any atom is -0.370 e. The first-order valence-corrected chi connectivity index (χ1v) is 10.7. The van der Waals surface area contributed by atoms with E-state index in [4.69, 9.17) is 10.7 Å². The first-order chi connectivity index (χ1) is 14.5. The molecular formula is C22H27FN6O. The molecule has 1 atom stereocenters. The lowest BCUT2D eigenvalue weighted by molar-refractivity contribution is -0.120. The van der Waals surface area contributed by atoms with E-state index < -0.39 is 5.41 Å². The quantitative estimate of drug-likeness (QED) is 0.761. The van der Waals surface area contributed by atoms with Crippen molar-refractivity contribution in [2.45, 2.75) is 50.6 Å². The standard InChI is InChI=1S/C22H27FN6O/c1-2-8-25-19-14(11-26-21(27-19)28-9-5-16(24)13-28)12-29-18-10-15(23)3-4-17(18)22(6-7-22)20(29)30/h3-4,10-11,16H,2,5-9,12-13,24H2,1H3,(H,25,26,27). The van der Waals surface area contributed by atoms with Crippen molar-refractivity contribution in [3.63, 3.8) is 0 Å². The Morgan fingerprint density at radius 2 is 2.20 bits per heavy atom. The fraction of sp³-hybridized carbons (Fsp3) is 0.500. The largest absolute Gasteiger partial charge is 0.370 e. The smallest absolute Gasteiger partial charge is 0.238 e. The summed E-state index contributed by atoms with van der Waals surface area (Å²) in [6.07, 6.45) is 5.32. The third kappa shape index (κ3) is 3.10. The highest BCUT2D eigenvalue weighted by atomic mass is 19.1. The van der Waals surface area contributed by atoms with Gasteiger partial charge in [-0.1, -0.05) is 13.0 Å². The summed E-state index contributed by atoms with van der Waals surface area (Å²) in [5.74, 6) is 1.11. The summed E-state index contributed by atoms with van der Waals surface area (Å²) in [6.45, 7) is 4.77. The molecule has 1 saturated heterocycles. The maximum Gasteiger partial charge on any atom is 0.238 e. The van der Waals surface area contributed by atoms with E-state index in [0.717, 1.165) is 62.3 Å². The molecule has 0 radical (unpaired) electrons. The molecule has 1 aromatic carbocycles. The van der Waals surface area contributed by atoms with E-state index >= 15 is 0 Å². The molecular weight excluding hydrogens is 383 g/mol. The molecule has 8 heteroatoms. The van der Waals surface area contributed by atoms with Crippen LogP contribution in [-0.2, 0) is 16.8 Å². The third-order valence-electron chi connectivity index (χ3n) is 6.40. The van der Waals surface area contributed by atoms with Crippen LogP contribution in [0.4, 0.5) is 21.8 Å². The summed E-state index contributed by atoms with van der Waals surface area (Å²) in [7, 11) is 0. The Morgan fingerprint density at radius 3 is 2.90 bits per heavy atom. The Balaban J connectivity index is 1.47. The zero-order valence-electron chi connectivity index (χ0n) is 17.2. The number of aromatic nitrogens is 2. The van der Waals surface area contributed by atoms with E-state index in [9.17, 15) is 9.18 Å². The number of nitrogens with one attached hydrogen (secondary N) is 1. The Bertz CT molecular complexity index is 992. The summed E-state index contributed by atoms with van der Waals surface area (Å²) in [5.41, 5.74) is 8.03. The number of benzene rings is 1. The van der Waals surface area contributed by atoms with Crippen molar-refractivity contribution < 1.29 is 9.18 Å². The Kier molecular flexibility index (Phi) is 4.61. The number of halogens is 1. The molecule has 1 amide bonds. The topological polar surface area (TPSA) is 87.4 Å². The number of carbonyl (C=O) groups is 1. The molecule has 3 heterocycles. The maximum atomic E-state index is 14.0. The molecule has 1 spiro atoms. The van der Waals surface area contributed by atoms with Gasteiger partial charge in [-0.3, -0.25) is 4.79 Å².